The first-order valence-electron chi connectivity index (χ1n) is 9.46. The molecule has 1 saturated heterocycles. The van der Waals surface area contributed by atoms with Gasteiger partial charge in [0.1, 0.15) is 5.78 Å². The van der Waals surface area contributed by atoms with Crippen LogP contribution in [0.25, 0.3) is 0 Å². The Balaban J connectivity index is 1.72. The van der Waals surface area contributed by atoms with Crippen molar-refractivity contribution in [2.24, 2.45) is 11.8 Å². The SMILES string of the molecule is [3H]CCCCCC(=O)C1CCC(CN2C(=O)CC(SC)C2=O)CC1. The molecule has 0 aromatic rings. The Morgan fingerprint density at radius 3 is 2.61 bits per heavy atom. The molecule has 0 bridgehead atoms. The fraction of sp³-hybridized carbons (Fsp3) is 0.833. The van der Waals surface area contributed by atoms with Crippen LogP contribution in [0.1, 0.15) is 66.1 Å². The Morgan fingerprint density at radius 2 is 2.00 bits per heavy atom. The van der Waals surface area contributed by atoms with Crippen LogP contribution in [0.2, 0.25) is 0 Å². The van der Waals surface area contributed by atoms with Crippen LogP contribution >= 0.6 is 11.8 Å². The van der Waals surface area contributed by atoms with Crippen LogP contribution in [0.5, 0.6) is 0 Å². The Bertz CT molecular complexity index is 463. The van der Waals surface area contributed by atoms with Gasteiger partial charge in [0, 0.05) is 26.7 Å². The summed E-state index contributed by atoms with van der Waals surface area (Å²) in [5, 5.41) is -0.195. The Hall–Kier alpha value is -0.840. The van der Waals surface area contributed by atoms with Crippen molar-refractivity contribution in [1.29, 1.82) is 0 Å². The summed E-state index contributed by atoms with van der Waals surface area (Å²) < 4.78 is 7.11. The zero-order valence-electron chi connectivity index (χ0n) is 15.1. The van der Waals surface area contributed by atoms with Gasteiger partial charge in [0.2, 0.25) is 11.8 Å². The molecule has 1 aliphatic heterocycles. The number of carbonyl (C=O) groups excluding carboxylic acids is 3. The molecule has 0 radical (unpaired) electrons. The molecular weight excluding hydrogens is 310 g/mol. The highest BCUT2D eigenvalue weighted by molar-refractivity contribution is 8.00. The lowest BCUT2D eigenvalue weighted by molar-refractivity contribution is -0.139. The number of carbonyl (C=O) groups is 3. The highest BCUT2D eigenvalue weighted by atomic mass is 32.2. The molecule has 1 atom stereocenters. The van der Waals surface area contributed by atoms with E-state index in [-0.39, 0.29) is 23.0 Å². The second kappa shape index (κ2) is 8.86. The average Bonchev–Trinajstić information content (AvgIpc) is 2.86. The van der Waals surface area contributed by atoms with Gasteiger partial charge in [-0.15, -0.1) is 0 Å². The third-order valence-electron chi connectivity index (χ3n) is 5.15. The first-order chi connectivity index (χ1) is 11.6. The molecule has 0 aromatic heterocycles. The number of nitrogens with zero attached hydrogens (tertiary/aromatic N) is 1. The Labute approximate surface area is 145 Å². The first kappa shape index (κ1) is 17.0. The van der Waals surface area contributed by atoms with E-state index in [1.807, 2.05) is 6.26 Å². The molecule has 2 amide bonds. The summed E-state index contributed by atoms with van der Waals surface area (Å²) in [5.74, 6) is 0.827. The number of likely N-dealkylation sites (tertiary alicyclic amines) is 1. The van der Waals surface area contributed by atoms with E-state index in [0.717, 1.165) is 44.9 Å². The van der Waals surface area contributed by atoms with Gasteiger partial charge in [0.15, 0.2) is 0 Å². The van der Waals surface area contributed by atoms with Gasteiger partial charge in [-0.2, -0.15) is 11.8 Å². The predicted molar refractivity (Wildman–Crippen MR) is 93.2 cm³/mol. The first-order valence-corrected chi connectivity index (χ1v) is 10.0. The van der Waals surface area contributed by atoms with E-state index in [2.05, 4.69) is 0 Å². The normalized spacial score (nSPS) is 29.0. The van der Waals surface area contributed by atoms with E-state index < -0.39 is 0 Å². The fourth-order valence-electron chi connectivity index (χ4n) is 3.63. The van der Waals surface area contributed by atoms with Crippen molar-refractivity contribution >= 4 is 29.4 Å². The molecule has 4 nitrogen and oxygen atoms in total. The van der Waals surface area contributed by atoms with Gasteiger partial charge in [0.25, 0.3) is 0 Å². The Morgan fingerprint density at radius 1 is 1.26 bits per heavy atom. The second-order valence-corrected chi connectivity index (χ2v) is 7.81. The zero-order chi connectivity index (χ0) is 17.5. The molecule has 2 aliphatic rings. The maximum atomic E-state index is 12.2. The summed E-state index contributed by atoms with van der Waals surface area (Å²) in [7, 11) is 0. The van der Waals surface area contributed by atoms with E-state index >= 15 is 0 Å². The number of thioether (sulfide) groups is 1. The van der Waals surface area contributed by atoms with Crippen molar-refractivity contribution in [1.82, 2.24) is 4.90 Å². The topological polar surface area (TPSA) is 54.5 Å². The van der Waals surface area contributed by atoms with Gasteiger partial charge in [-0.25, -0.2) is 0 Å². The van der Waals surface area contributed by atoms with E-state index in [9.17, 15) is 14.4 Å². The lowest BCUT2D eigenvalue weighted by Crippen LogP contribution is -2.37. The van der Waals surface area contributed by atoms with Crippen LogP contribution in [0.4, 0.5) is 0 Å². The highest BCUT2D eigenvalue weighted by Gasteiger charge is 2.39. The minimum absolute atomic E-state index is 0.0277. The molecule has 0 N–H and O–H groups in total. The quantitative estimate of drug-likeness (QED) is 0.501. The van der Waals surface area contributed by atoms with Crippen LogP contribution in [-0.4, -0.2) is 40.5 Å². The molecule has 1 heterocycles. The van der Waals surface area contributed by atoms with E-state index in [4.69, 9.17) is 1.37 Å². The van der Waals surface area contributed by atoms with Crippen molar-refractivity contribution in [2.75, 3.05) is 12.8 Å². The molecule has 2 rings (SSSR count). The summed E-state index contributed by atoms with van der Waals surface area (Å²) in [5.41, 5.74) is 0. The maximum Gasteiger partial charge on any atom is 0.242 e. The number of Topliss-reactive ketones (excluding diaryl/α,β-unsaturated/α-hetero) is 1. The number of imide groups is 1. The van der Waals surface area contributed by atoms with Crippen molar-refractivity contribution in [2.45, 2.75) is 69.9 Å². The van der Waals surface area contributed by atoms with Crippen LogP contribution in [0.3, 0.4) is 0 Å². The van der Waals surface area contributed by atoms with Gasteiger partial charge in [-0.1, -0.05) is 19.7 Å². The molecule has 23 heavy (non-hydrogen) atoms. The van der Waals surface area contributed by atoms with Crippen LogP contribution in [-0.2, 0) is 14.4 Å². The van der Waals surface area contributed by atoms with Crippen molar-refractivity contribution < 1.29 is 15.8 Å². The van der Waals surface area contributed by atoms with Crippen LogP contribution in [0, 0.1) is 11.8 Å². The third-order valence-corrected chi connectivity index (χ3v) is 6.09. The lowest BCUT2D eigenvalue weighted by Gasteiger charge is -2.30. The fourth-order valence-corrected chi connectivity index (χ4v) is 4.27. The summed E-state index contributed by atoms with van der Waals surface area (Å²) in [6.07, 6.45) is 9.28. The molecule has 0 aromatic carbocycles. The summed E-state index contributed by atoms with van der Waals surface area (Å²) >= 11 is 1.46. The van der Waals surface area contributed by atoms with Crippen molar-refractivity contribution in [3.05, 3.63) is 0 Å². The molecular formula is C18H29NO3S. The van der Waals surface area contributed by atoms with Gasteiger partial charge in [-0.3, -0.25) is 19.3 Å². The smallest absolute Gasteiger partial charge is 0.242 e. The molecule has 130 valence electrons. The standard InChI is InChI=1S/C18H29NO3S/c1-3-4-5-6-15(20)14-9-7-13(8-10-14)12-19-17(21)11-16(23-2)18(19)22/h13-14,16H,3-12H2,1-2H3/i1T. The lowest BCUT2D eigenvalue weighted by atomic mass is 9.79. The molecule has 1 aliphatic carbocycles. The molecule has 1 unspecified atom stereocenters. The van der Waals surface area contributed by atoms with Gasteiger partial charge >= 0.3 is 0 Å². The monoisotopic (exact) mass is 341 g/mol. The largest absolute Gasteiger partial charge is 0.299 e. The third kappa shape index (κ3) is 4.82. The number of amides is 2. The van der Waals surface area contributed by atoms with Crippen molar-refractivity contribution in [3.63, 3.8) is 0 Å². The number of hydrogen-bond acceptors (Lipinski definition) is 4. The van der Waals surface area contributed by atoms with E-state index in [0.29, 0.717) is 38.0 Å². The number of ketones is 1. The molecule has 0 spiro atoms. The van der Waals surface area contributed by atoms with Gasteiger partial charge in [-0.05, 0) is 44.3 Å². The minimum Gasteiger partial charge on any atom is -0.299 e. The summed E-state index contributed by atoms with van der Waals surface area (Å²) in [4.78, 5) is 37.9. The number of hydrogen-bond donors (Lipinski definition) is 0. The number of rotatable bonds is 8. The van der Waals surface area contributed by atoms with Gasteiger partial charge in [0.05, 0.1) is 5.25 Å². The van der Waals surface area contributed by atoms with Crippen LogP contribution in [0.15, 0.2) is 0 Å². The second-order valence-electron chi connectivity index (χ2n) is 6.77. The maximum absolute atomic E-state index is 12.2. The molecule has 2 fully saturated rings. The molecule has 1 saturated carbocycles. The minimum atomic E-state index is -0.195. The zero-order valence-corrected chi connectivity index (χ0v) is 14.9. The Kier molecular flexibility index (Phi) is 6.55. The van der Waals surface area contributed by atoms with E-state index in [1.165, 1.54) is 16.7 Å². The van der Waals surface area contributed by atoms with Crippen LogP contribution < -0.4 is 0 Å². The highest BCUT2D eigenvalue weighted by Crippen LogP contribution is 2.33. The predicted octanol–water partition coefficient (Wildman–Crippen LogP) is 3.43. The van der Waals surface area contributed by atoms with Gasteiger partial charge < -0.3 is 0 Å². The average molecular weight is 342 g/mol. The van der Waals surface area contributed by atoms with E-state index in [1.54, 1.807) is 0 Å². The molecule has 5 heteroatoms. The van der Waals surface area contributed by atoms with Crippen molar-refractivity contribution in [3.8, 4) is 0 Å². The summed E-state index contributed by atoms with van der Waals surface area (Å²) in [6, 6.07) is 0. The summed E-state index contributed by atoms with van der Waals surface area (Å²) in [6.45, 7) is 0.990. The number of unbranched alkanes of at least 4 members (excludes halogenated alkanes) is 2.